The summed E-state index contributed by atoms with van der Waals surface area (Å²) in [5.41, 5.74) is -0.882. The van der Waals surface area contributed by atoms with Gasteiger partial charge in [-0.2, -0.15) is 0 Å². The van der Waals surface area contributed by atoms with Crippen LogP contribution in [0.25, 0.3) is 0 Å². The molecule has 2 N–H and O–H groups in total. The zero-order chi connectivity index (χ0) is 15.7. The molecule has 1 aromatic carbocycles. The van der Waals surface area contributed by atoms with Gasteiger partial charge >= 0.3 is 11.9 Å². The SMILES string of the molecule is COC(=O)c1cccc(S(=O)(=O)NCC2(C(=O)O)CC2)c1. The van der Waals surface area contributed by atoms with Crippen LogP contribution in [0, 0.1) is 5.41 Å². The van der Waals surface area contributed by atoms with E-state index in [0.717, 1.165) is 0 Å². The van der Waals surface area contributed by atoms with Crippen LogP contribution in [0.1, 0.15) is 23.2 Å². The lowest BCUT2D eigenvalue weighted by atomic mass is 10.1. The molecule has 114 valence electrons. The number of hydrogen-bond acceptors (Lipinski definition) is 5. The molecule has 0 aliphatic heterocycles. The third-order valence-corrected chi connectivity index (χ3v) is 4.87. The van der Waals surface area contributed by atoms with Gasteiger partial charge in [0.25, 0.3) is 0 Å². The number of aliphatic carboxylic acids is 1. The van der Waals surface area contributed by atoms with Gasteiger partial charge in [0.1, 0.15) is 0 Å². The van der Waals surface area contributed by atoms with Gasteiger partial charge in [-0.3, -0.25) is 4.79 Å². The maximum Gasteiger partial charge on any atom is 0.337 e. The average molecular weight is 313 g/mol. The quantitative estimate of drug-likeness (QED) is 0.745. The van der Waals surface area contributed by atoms with Crippen LogP contribution < -0.4 is 4.72 Å². The zero-order valence-corrected chi connectivity index (χ0v) is 12.1. The molecule has 1 saturated carbocycles. The Labute approximate surface area is 122 Å². The van der Waals surface area contributed by atoms with E-state index in [1.54, 1.807) is 0 Å². The summed E-state index contributed by atoms with van der Waals surface area (Å²) < 4.78 is 31.1. The molecule has 0 saturated heterocycles. The maximum absolute atomic E-state index is 12.1. The summed E-state index contributed by atoms with van der Waals surface area (Å²) >= 11 is 0. The van der Waals surface area contributed by atoms with E-state index < -0.39 is 27.4 Å². The molecule has 0 spiro atoms. The second kappa shape index (κ2) is 5.45. The van der Waals surface area contributed by atoms with Crippen LogP contribution in [-0.4, -0.2) is 39.1 Å². The van der Waals surface area contributed by atoms with Crippen molar-refractivity contribution in [3.63, 3.8) is 0 Å². The molecule has 0 heterocycles. The summed E-state index contributed by atoms with van der Waals surface area (Å²) in [6, 6.07) is 5.37. The molecule has 0 aromatic heterocycles. The second-order valence-corrected chi connectivity index (χ2v) is 6.70. The van der Waals surface area contributed by atoms with Gasteiger partial charge in [0.2, 0.25) is 10.0 Å². The number of carbonyl (C=O) groups is 2. The molecule has 0 unspecified atom stereocenters. The smallest absolute Gasteiger partial charge is 0.337 e. The molecule has 1 fully saturated rings. The number of rotatable bonds is 6. The van der Waals surface area contributed by atoms with Gasteiger partial charge in [0, 0.05) is 6.54 Å². The fourth-order valence-corrected chi connectivity index (χ4v) is 3.01. The fraction of sp³-hybridized carbons (Fsp3) is 0.385. The lowest BCUT2D eigenvalue weighted by Crippen LogP contribution is -2.34. The number of hydrogen-bond donors (Lipinski definition) is 2. The lowest BCUT2D eigenvalue weighted by Gasteiger charge is -2.12. The molecule has 1 aromatic rings. The van der Waals surface area contributed by atoms with Gasteiger partial charge in [-0.05, 0) is 31.0 Å². The number of sulfonamides is 1. The van der Waals surface area contributed by atoms with Crippen LogP contribution in [0.3, 0.4) is 0 Å². The van der Waals surface area contributed by atoms with Gasteiger partial charge in [-0.25, -0.2) is 17.9 Å². The Bertz CT molecular complexity index is 678. The maximum atomic E-state index is 12.1. The number of carbonyl (C=O) groups excluding carboxylic acids is 1. The van der Waals surface area contributed by atoms with Crippen LogP contribution in [-0.2, 0) is 19.6 Å². The standard InChI is InChI=1S/C13H15NO6S/c1-20-11(15)9-3-2-4-10(7-9)21(18,19)14-8-13(5-6-13)12(16)17/h2-4,7,14H,5-6,8H2,1H3,(H,16,17). The molecule has 1 aliphatic rings. The molecule has 2 rings (SSSR count). The van der Waals surface area contributed by atoms with Crippen molar-refractivity contribution in [2.75, 3.05) is 13.7 Å². The minimum atomic E-state index is -3.87. The third-order valence-electron chi connectivity index (χ3n) is 3.47. The largest absolute Gasteiger partial charge is 0.481 e. The Morgan fingerprint density at radius 1 is 1.38 bits per heavy atom. The highest BCUT2D eigenvalue weighted by Gasteiger charge is 2.50. The van der Waals surface area contributed by atoms with Gasteiger partial charge in [0.15, 0.2) is 0 Å². The number of esters is 1. The van der Waals surface area contributed by atoms with Gasteiger partial charge in [-0.1, -0.05) is 6.07 Å². The Hall–Kier alpha value is -1.93. The monoisotopic (exact) mass is 313 g/mol. The fourth-order valence-electron chi connectivity index (χ4n) is 1.84. The first kappa shape index (κ1) is 15.5. The summed E-state index contributed by atoms with van der Waals surface area (Å²) in [5, 5.41) is 9.02. The molecule has 21 heavy (non-hydrogen) atoms. The van der Waals surface area contributed by atoms with Crippen molar-refractivity contribution in [1.82, 2.24) is 4.72 Å². The van der Waals surface area contributed by atoms with E-state index in [2.05, 4.69) is 9.46 Å². The summed E-state index contributed by atoms with van der Waals surface area (Å²) in [6.07, 6.45) is 0.903. The molecular formula is C13H15NO6S. The lowest BCUT2D eigenvalue weighted by molar-refractivity contribution is -0.143. The van der Waals surface area contributed by atoms with Crippen molar-refractivity contribution in [3.05, 3.63) is 29.8 Å². The number of methoxy groups -OCH3 is 1. The molecule has 7 nitrogen and oxygen atoms in total. The highest BCUT2D eigenvalue weighted by molar-refractivity contribution is 7.89. The number of nitrogens with one attached hydrogen (secondary N) is 1. The van der Waals surface area contributed by atoms with Crippen LogP contribution in [0.4, 0.5) is 0 Å². The highest BCUT2D eigenvalue weighted by atomic mass is 32.2. The van der Waals surface area contributed by atoms with Crippen LogP contribution in [0.2, 0.25) is 0 Å². The Kier molecular flexibility index (Phi) is 4.02. The molecule has 0 bridgehead atoms. The first-order chi connectivity index (χ1) is 9.81. The predicted molar refractivity (Wildman–Crippen MR) is 72.3 cm³/mol. The normalized spacial score (nSPS) is 16.2. The van der Waals surface area contributed by atoms with E-state index in [1.807, 2.05) is 0 Å². The molecule has 0 radical (unpaired) electrons. The average Bonchev–Trinajstić information content (AvgIpc) is 3.26. The van der Waals surface area contributed by atoms with E-state index in [9.17, 15) is 18.0 Å². The molecular weight excluding hydrogens is 298 g/mol. The van der Waals surface area contributed by atoms with E-state index >= 15 is 0 Å². The Morgan fingerprint density at radius 3 is 2.57 bits per heavy atom. The van der Waals surface area contributed by atoms with E-state index in [4.69, 9.17) is 5.11 Å². The van der Waals surface area contributed by atoms with Crippen molar-refractivity contribution in [2.45, 2.75) is 17.7 Å². The summed E-state index contributed by atoms with van der Waals surface area (Å²) in [7, 11) is -2.67. The van der Waals surface area contributed by atoms with Gasteiger partial charge < -0.3 is 9.84 Å². The first-order valence-electron chi connectivity index (χ1n) is 6.22. The highest BCUT2D eigenvalue weighted by Crippen LogP contribution is 2.45. The number of carboxylic acids is 1. The third kappa shape index (κ3) is 3.22. The zero-order valence-electron chi connectivity index (χ0n) is 11.3. The predicted octanol–water partition coefficient (Wildman–Crippen LogP) is 0.616. The number of ether oxygens (including phenoxy) is 1. The minimum Gasteiger partial charge on any atom is -0.481 e. The summed E-state index contributed by atoms with van der Waals surface area (Å²) in [5.74, 6) is -1.65. The number of carboxylic acid groups (broad SMARTS) is 1. The minimum absolute atomic E-state index is 0.105. The van der Waals surface area contributed by atoms with Crippen LogP contribution >= 0.6 is 0 Å². The number of benzene rings is 1. The van der Waals surface area contributed by atoms with Crippen molar-refractivity contribution < 1.29 is 27.9 Å². The Morgan fingerprint density at radius 2 is 2.05 bits per heavy atom. The Balaban J connectivity index is 2.16. The van der Waals surface area contributed by atoms with E-state index in [0.29, 0.717) is 12.8 Å². The van der Waals surface area contributed by atoms with E-state index in [1.165, 1.54) is 31.4 Å². The van der Waals surface area contributed by atoms with E-state index in [-0.39, 0.29) is 17.0 Å². The molecule has 8 heteroatoms. The molecule has 0 atom stereocenters. The van der Waals surface area contributed by atoms with Gasteiger partial charge in [-0.15, -0.1) is 0 Å². The van der Waals surface area contributed by atoms with Gasteiger partial charge in [0.05, 0.1) is 23.0 Å². The molecule has 1 aliphatic carbocycles. The first-order valence-corrected chi connectivity index (χ1v) is 7.70. The van der Waals surface area contributed by atoms with Crippen molar-refractivity contribution >= 4 is 22.0 Å². The molecule has 0 amide bonds. The summed E-state index contributed by atoms with van der Waals surface area (Å²) in [6.45, 7) is -0.160. The van der Waals surface area contributed by atoms with Crippen molar-refractivity contribution in [1.29, 1.82) is 0 Å². The van der Waals surface area contributed by atoms with Crippen LogP contribution in [0.15, 0.2) is 29.2 Å². The summed E-state index contributed by atoms with van der Waals surface area (Å²) in [4.78, 5) is 22.3. The second-order valence-electron chi connectivity index (χ2n) is 4.93. The van der Waals surface area contributed by atoms with Crippen molar-refractivity contribution in [3.8, 4) is 0 Å². The topological polar surface area (TPSA) is 110 Å². The van der Waals surface area contributed by atoms with Crippen molar-refractivity contribution in [2.24, 2.45) is 5.41 Å². The van der Waals surface area contributed by atoms with Crippen LogP contribution in [0.5, 0.6) is 0 Å².